The molecule has 0 saturated carbocycles. The van der Waals surface area contributed by atoms with Gasteiger partial charge in [-0.25, -0.2) is 4.98 Å². The van der Waals surface area contributed by atoms with Crippen molar-refractivity contribution in [3.63, 3.8) is 0 Å². The zero-order chi connectivity index (χ0) is 38.8. The lowest BCUT2D eigenvalue weighted by Crippen LogP contribution is -2.25. The molecule has 0 aliphatic heterocycles. The molecular weight excluding hydrogens is 710 g/mol. The van der Waals surface area contributed by atoms with Gasteiger partial charge in [0.05, 0.1) is 30.9 Å². The van der Waals surface area contributed by atoms with Crippen LogP contribution in [-0.4, -0.2) is 83.4 Å². The molecule has 0 spiro atoms. The van der Waals surface area contributed by atoms with Crippen molar-refractivity contribution < 1.29 is 18.9 Å². The Bertz CT molecular complexity index is 1860. The molecule has 55 heavy (non-hydrogen) atoms. The number of hydrogen-bond donors (Lipinski definition) is 0. The maximum absolute atomic E-state index is 6.59. The van der Waals surface area contributed by atoms with Crippen LogP contribution in [0.4, 0.5) is 0 Å². The number of pyridine rings is 1. The standard InChI is InChI=1S/C45H60ClN5O4/c1-6-11-27-51-41-31-39(52-28-12-25-49(7-2)8-3)33-43(54-29-13-26-50(9-4)10-5)44(41)48-45(51)40-19-18-38(53-30-22-35-14-16-37(46)17-15-35)32-42(40)55-34-36-20-23-47-24-21-36/h14-21,23-24,31-33H,6-13,22,25-30,34H2,1-5H3. The lowest BCUT2D eigenvalue weighted by Gasteiger charge is -2.18. The van der Waals surface area contributed by atoms with E-state index in [-0.39, 0.29) is 0 Å². The lowest BCUT2D eigenvalue weighted by molar-refractivity contribution is 0.243. The number of fused-ring (bicyclic) bond motifs is 1. The van der Waals surface area contributed by atoms with Crippen LogP contribution in [0.25, 0.3) is 22.4 Å². The van der Waals surface area contributed by atoms with Gasteiger partial charge in [0.2, 0.25) is 0 Å². The van der Waals surface area contributed by atoms with Crippen molar-refractivity contribution in [3.8, 4) is 34.4 Å². The van der Waals surface area contributed by atoms with Crippen LogP contribution in [-0.2, 0) is 19.6 Å². The maximum atomic E-state index is 6.59. The average molecular weight is 770 g/mol. The molecule has 0 atom stereocenters. The summed E-state index contributed by atoms with van der Waals surface area (Å²) >= 11 is 6.10. The molecule has 0 saturated heterocycles. The highest BCUT2D eigenvalue weighted by Crippen LogP contribution is 2.39. The highest BCUT2D eigenvalue weighted by Gasteiger charge is 2.22. The van der Waals surface area contributed by atoms with E-state index in [1.165, 1.54) is 0 Å². The second kappa shape index (κ2) is 22.3. The highest BCUT2D eigenvalue weighted by molar-refractivity contribution is 6.30. The van der Waals surface area contributed by atoms with E-state index < -0.39 is 0 Å². The van der Waals surface area contributed by atoms with Gasteiger partial charge in [-0.15, -0.1) is 0 Å². The molecule has 0 fully saturated rings. The van der Waals surface area contributed by atoms with E-state index in [1.54, 1.807) is 12.4 Å². The summed E-state index contributed by atoms with van der Waals surface area (Å²) < 4.78 is 28.2. The summed E-state index contributed by atoms with van der Waals surface area (Å²) in [6.45, 7) is 20.1. The smallest absolute Gasteiger partial charge is 0.150 e. The minimum atomic E-state index is 0.380. The summed E-state index contributed by atoms with van der Waals surface area (Å²) in [5, 5.41) is 0.727. The molecule has 0 bridgehead atoms. The largest absolute Gasteiger partial charge is 0.493 e. The number of ether oxygens (including phenoxy) is 4. The Labute approximate surface area is 333 Å². The first kappa shape index (κ1) is 41.8. The van der Waals surface area contributed by atoms with Gasteiger partial charge in [0, 0.05) is 61.7 Å². The van der Waals surface area contributed by atoms with Crippen LogP contribution in [0, 0.1) is 0 Å². The zero-order valence-corrected chi connectivity index (χ0v) is 34.3. The molecule has 2 aromatic heterocycles. The van der Waals surface area contributed by atoms with Gasteiger partial charge in [-0.3, -0.25) is 4.98 Å². The van der Waals surface area contributed by atoms with Crippen LogP contribution < -0.4 is 18.9 Å². The second-order valence-electron chi connectivity index (χ2n) is 13.7. The van der Waals surface area contributed by atoms with Crippen LogP contribution in [0.5, 0.6) is 23.0 Å². The number of imidazole rings is 1. The third kappa shape index (κ3) is 12.3. The van der Waals surface area contributed by atoms with Gasteiger partial charge in [-0.1, -0.05) is 64.8 Å². The van der Waals surface area contributed by atoms with E-state index in [0.29, 0.717) is 32.2 Å². The van der Waals surface area contributed by atoms with E-state index in [0.717, 1.165) is 134 Å². The van der Waals surface area contributed by atoms with E-state index in [9.17, 15) is 0 Å². The number of benzene rings is 3. The summed E-state index contributed by atoms with van der Waals surface area (Å²) in [5.74, 6) is 3.80. The van der Waals surface area contributed by atoms with Gasteiger partial charge in [0.15, 0.2) is 5.75 Å². The molecule has 0 N–H and O–H groups in total. The fraction of sp³-hybridized carbons (Fsp3) is 0.467. The number of nitrogens with zero attached hydrogens (tertiary/aromatic N) is 5. The van der Waals surface area contributed by atoms with E-state index in [4.69, 9.17) is 35.5 Å². The molecule has 0 radical (unpaired) electrons. The third-order valence-electron chi connectivity index (χ3n) is 9.99. The molecule has 0 unspecified atom stereocenters. The molecule has 9 nitrogen and oxygen atoms in total. The van der Waals surface area contributed by atoms with Crippen molar-refractivity contribution in [2.24, 2.45) is 0 Å². The number of halogens is 1. The number of unbranched alkanes of at least 4 members (excludes halogenated alkanes) is 1. The van der Waals surface area contributed by atoms with Gasteiger partial charge in [0.25, 0.3) is 0 Å². The Kier molecular flexibility index (Phi) is 17.0. The quantitative estimate of drug-likeness (QED) is 0.0544. The molecule has 2 heterocycles. The SMILES string of the molecule is CCCCn1c(-c2ccc(OCCc3ccc(Cl)cc3)cc2OCc2ccncc2)nc2c(OCCCN(CC)CC)cc(OCCCN(CC)CC)cc21. The fourth-order valence-corrected chi connectivity index (χ4v) is 6.74. The number of aryl methyl sites for hydroxylation is 1. The van der Waals surface area contributed by atoms with Gasteiger partial charge >= 0.3 is 0 Å². The summed E-state index contributed by atoms with van der Waals surface area (Å²) in [6, 6.07) is 22.0. The fourth-order valence-electron chi connectivity index (χ4n) is 6.61. The Morgan fingerprint density at radius 1 is 0.636 bits per heavy atom. The van der Waals surface area contributed by atoms with Crippen molar-refractivity contribution >= 4 is 22.6 Å². The van der Waals surface area contributed by atoms with Crippen molar-refractivity contribution in [2.75, 3.05) is 59.1 Å². The minimum Gasteiger partial charge on any atom is -0.493 e. The third-order valence-corrected chi connectivity index (χ3v) is 10.2. The van der Waals surface area contributed by atoms with Crippen molar-refractivity contribution in [1.82, 2.24) is 24.3 Å². The van der Waals surface area contributed by atoms with Crippen LogP contribution in [0.2, 0.25) is 5.02 Å². The topological polar surface area (TPSA) is 74.1 Å². The Morgan fingerprint density at radius 2 is 1.29 bits per heavy atom. The van der Waals surface area contributed by atoms with Crippen LogP contribution in [0.3, 0.4) is 0 Å². The van der Waals surface area contributed by atoms with Gasteiger partial charge in [-0.05, 0) is 93.0 Å². The van der Waals surface area contributed by atoms with Crippen molar-refractivity contribution in [1.29, 1.82) is 0 Å². The first-order valence-electron chi connectivity index (χ1n) is 20.2. The minimum absolute atomic E-state index is 0.380. The maximum Gasteiger partial charge on any atom is 0.150 e. The first-order chi connectivity index (χ1) is 27.0. The normalized spacial score (nSPS) is 11.5. The van der Waals surface area contributed by atoms with E-state index in [2.05, 4.69) is 66.1 Å². The summed E-state index contributed by atoms with van der Waals surface area (Å²) in [7, 11) is 0. The molecular formula is C45H60ClN5O4. The van der Waals surface area contributed by atoms with Crippen LogP contribution in [0.15, 0.2) is 79.1 Å². The molecule has 0 amide bonds. The van der Waals surface area contributed by atoms with Gasteiger partial charge in [-0.2, -0.15) is 0 Å². The molecule has 296 valence electrons. The second-order valence-corrected chi connectivity index (χ2v) is 14.2. The molecule has 0 aliphatic rings. The van der Waals surface area contributed by atoms with Gasteiger partial charge in [0.1, 0.15) is 35.2 Å². The monoisotopic (exact) mass is 769 g/mol. The number of rotatable bonds is 25. The molecule has 5 aromatic rings. The number of aromatic nitrogens is 3. The van der Waals surface area contributed by atoms with E-state index >= 15 is 0 Å². The molecule has 0 aliphatic carbocycles. The van der Waals surface area contributed by atoms with Crippen LogP contribution in [0.1, 0.15) is 71.4 Å². The Morgan fingerprint density at radius 3 is 1.96 bits per heavy atom. The predicted octanol–water partition coefficient (Wildman–Crippen LogP) is 9.97. The predicted molar refractivity (Wildman–Crippen MR) is 225 cm³/mol. The zero-order valence-electron chi connectivity index (χ0n) is 33.6. The van der Waals surface area contributed by atoms with E-state index in [1.807, 2.05) is 54.6 Å². The van der Waals surface area contributed by atoms with Crippen molar-refractivity contribution in [3.05, 3.63) is 95.3 Å². The van der Waals surface area contributed by atoms with Gasteiger partial charge < -0.3 is 33.3 Å². The van der Waals surface area contributed by atoms with Crippen LogP contribution >= 0.6 is 11.6 Å². The average Bonchev–Trinajstić information content (AvgIpc) is 3.58. The molecule has 3 aromatic carbocycles. The summed E-state index contributed by atoms with van der Waals surface area (Å²) in [4.78, 5) is 14.4. The summed E-state index contributed by atoms with van der Waals surface area (Å²) in [5.41, 5.74) is 4.90. The molecule has 10 heteroatoms. The first-order valence-corrected chi connectivity index (χ1v) is 20.6. The highest BCUT2D eigenvalue weighted by atomic mass is 35.5. The Balaban J connectivity index is 1.50. The molecule has 5 rings (SSSR count). The summed E-state index contributed by atoms with van der Waals surface area (Å²) in [6.07, 6.45) is 8.24. The number of hydrogen-bond acceptors (Lipinski definition) is 8. The lowest BCUT2D eigenvalue weighted by atomic mass is 10.1. The Hall–Kier alpha value is -4.31. The van der Waals surface area contributed by atoms with Crippen molar-refractivity contribution in [2.45, 2.75) is 79.9 Å².